The van der Waals surface area contributed by atoms with Gasteiger partial charge in [-0.2, -0.15) is 0 Å². The minimum atomic E-state index is -3.42. The highest BCUT2D eigenvalue weighted by molar-refractivity contribution is 7.92. The SMILES string of the molecule is COc1cccc(CCS(=O)(=O)Nc2cccc(OC)c2)c1. The summed E-state index contributed by atoms with van der Waals surface area (Å²) in [7, 11) is -0.302. The number of hydrogen-bond acceptors (Lipinski definition) is 4. The highest BCUT2D eigenvalue weighted by Crippen LogP contribution is 2.18. The molecule has 0 atom stereocenters. The van der Waals surface area contributed by atoms with Gasteiger partial charge in [-0.25, -0.2) is 8.42 Å². The number of hydrogen-bond donors (Lipinski definition) is 1. The molecule has 0 spiro atoms. The van der Waals surface area contributed by atoms with E-state index < -0.39 is 10.0 Å². The van der Waals surface area contributed by atoms with Gasteiger partial charge in [0.05, 0.1) is 25.7 Å². The maximum Gasteiger partial charge on any atom is 0.233 e. The first-order chi connectivity index (χ1) is 10.5. The van der Waals surface area contributed by atoms with Gasteiger partial charge in [-0.3, -0.25) is 4.72 Å². The third-order valence-corrected chi connectivity index (χ3v) is 4.42. The normalized spacial score (nSPS) is 11.0. The third kappa shape index (κ3) is 4.66. The summed E-state index contributed by atoms with van der Waals surface area (Å²) < 4.78 is 37.0. The van der Waals surface area contributed by atoms with E-state index in [1.54, 1.807) is 31.4 Å². The number of sulfonamides is 1. The van der Waals surface area contributed by atoms with Crippen LogP contribution in [0.3, 0.4) is 0 Å². The van der Waals surface area contributed by atoms with Gasteiger partial charge in [0.15, 0.2) is 0 Å². The van der Waals surface area contributed by atoms with Crippen LogP contribution < -0.4 is 14.2 Å². The molecule has 0 aliphatic heterocycles. The molecule has 0 saturated carbocycles. The summed E-state index contributed by atoms with van der Waals surface area (Å²) in [5.74, 6) is 1.32. The number of ether oxygens (including phenoxy) is 2. The standard InChI is InChI=1S/C16H19NO4S/c1-20-15-7-3-5-13(11-15)9-10-22(18,19)17-14-6-4-8-16(12-14)21-2/h3-8,11-12,17H,9-10H2,1-2H3. The first kappa shape index (κ1) is 16.2. The smallest absolute Gasteiger partial charge is 0.233 e. The monoisotopic (exact) mass is 321 g/mol. The van der Waals surface area contributed by atoms with E-state index in [1.165, 1.54) is 7.11 Å². The van der Waals surface area contributed by atoms with Crippen LogP contribution in [0.1, 0.15) is 5.56 Å². The van der Waals surface area contributed by atoms with E-state index in [0.717, 1.165) is 11.3 Å². The van der Waals surface area contributed by atoms with Gasteiger partial charge in [-0.15, -0.1) is 0 Å². The third-order valence-electron chi connectivity index (χ3n) is 3.14. The quantitative estimate of drug-likeness (QED) is 0.851. The van der Waals surface area contributed by atoms with E-state index in [9.17, 15) is 8.42 Å². The Morgan fingerprint density at radius 1 is 0.955 bits per heavy atom. The summed E-state index contributed by atoms with van der Waals surface area (Å²) in [5.41, 5.74) is 1.40. The lowest BCUT2D eigenvalue weighted by Gasteiger charge is -2.09. The zero-order valence-electron chi connectivity index (χ0n) is 12.6. The Bertz CT molecular complexity index is 728. The van der Waals surface area contributed by atoms with Crippen molar-refractivity contribution in [2.75, 3.05) is 24.7 Å². The van der Waals surface area contributed by atoms with Crippen LogP contribution in [0.5, 0.6) is 11.5 Å². The van der Waals surface area contributed by atoms with Gasteiger partial charge in [0.1, 0.15) is 11.5 Å². The van der Waals surface area contributed by atoms with Crippen LogP contribution in [0.2, 0.25) is 0 Å². The lowest BCUT2D eigenvalue weighted by molar-refractivity contribution is 0.414. The maximum atomic E-state index is 12.1. The van der Waals surface area contributed by atoms with Crippen LogP contribution in [0.25, 0.3) is 0 Å². The minimum absolute atomic E-state index is 0.00260. The first-order valence-electron chi connectivity index (χ1n) is 6.80. The molecule has 5 nitrogen and oxygen atoms in total. The van der Waals surface area contributed by atoms with Gasteiger partial charge in [0.25, 0.3) is 0 Å². The molecule has 118 valence electrons. The van der Waals surface area contributed by atoms with Crippen molar-refractivity contribution in [1.29, 1.82) is 0 Å². The highest BCUT2D eigenvalue weighted by Gasteiger charge is 2.11. The fourth-order valence-electron chi connectivity index (χ4n) is 2.00. The maximum absolute atomic E-state index is 12.1. The average molecular weight is 321 g/mol. The Kier molecular flexibility index (Phi) is 5.27. The van der Waals surface area contributed by atoms with E-state index in [-0.39, 0.29) is 5.75 Å². The molecular weight excluding hydrogens is 302 g/mol. The molecular formula is C16H19NO4S. The van der Waals surface area contributed by atoms with Crippen LogP contribution in [0.4, 0.5) is 5.69 Å². The van der Waals surface area contributed by atoms with E-state index >= 15 is 0 Å². The number of anilines is 1. The van der Waals surface area contributed by atoms with Gasteiger partial charge in [-0.1, -0.05) is 18.2 Å². The fourth-order valence-corrected chi connectivity index (χ4v) is 3.09. The van der Waals surface area contributed by atoms with Crippen molar-refractivity contribution in [2.24, 2.45) is 0 Å². The highest BCUT2D eigenvalue weighted by atomic mass is 32.2. The second-order valence-electron chi connectivity index (χ2n) is 4.75. The van der Waals surface area contributed by atoms with E-state index in [0.29, 0.717) is 17.9 Å². The van der Waals surface area contributed by atoms with Crippen molar-refractivity contribution in [2.45, 2.75) is 6.42 Å². The molecule has 0 aromatic heterocycles. The van der Waals surface area contributed by atoms with Gasteiger partial charge >= 0.3 is 0 Å². The summed E-state index contributed by atoms with van der Waals surface area (Å²) in [6.45, 7) is 0. The lowest BCUT2D eigenvalue weighted by atomic mass is 10.2. The average Bonchev–Trinajstić information content (AvgIpc) is 2.53. The summed E-state index contributed by atoms with van der Waals surface area (Å²) in [4.78, 5) is 0. The molecule has 0 amide bonds. The number of nitrogens with one attached hydrogen (secondary N) is 1. The van der Waals surface area contributed by atoms with Crippen LogP contribution in [-0.2, 0) is 16.4 Å². The summed E-state index contributed by atoms with van der Waals surface area (Å²) in [6, 6.07) is 14.2. The summed E-state index contributed by atoms with van der Waals surface area (Å²) >= 11 is 0. The molecule has 2 aromatic rings. The van der Waals surface area contributed by atoms with Crippen LogP contribution in [0.15, 0.2) is 48.5 Å². The predicted octanol–water partition coefficient (Wildman–Crippen LogP) is 2.69. The van der Waals surface area contributed by atoms with Gasteiger partial charge in [-0.05, 0) is 36.2 Å². The second kappa shape index (κ2) is 7.17. The molecule has 0 radical (unpaired) electrons. The zero-order chi connectivity index (χ0) is 16.0. The molecule has 2 rings (SSSR count). The predicted molar refractivity (Wildman–Crippen MR) is 87.1 cm³/mol. The van der Waals surface area contributed by atoms with Gasteiger partial charge < -0.3 is 9.47 Å². The molecule has 0 aliphatic rings. The number of methoxy groups -OCH3 is 2. The van der Waals surface area contributed by atoms with Crippen molar-refractivity contribution >= 4 is 15.7 Å². The van der Waals surface area contributed by atoms with E-state index in [1.807, 2.05) is 24.3 Å². The minimum Gasteiger partial charge on any atom is -0.497 e. The Morgan fingerprint density at radius 2 is 1.59 bits per heavy atom. The Balaban J connectivity index is 2.01. The molecule has 0 unspecified atom stereocenters. The van der Waals surface area contributed by atoms with Gasteiger partial charge in [0, 0.05) is 6.07 Å². The largest absolute Gasteiger partial charge is 0.497 e. The molecule has 0 bridgehead atoms. The number of benzene rings is 2. The molecule has 0 saturated heterocycles. The molecule has 1 N–H and O–H groups in total. The molecule has 22 heavy (non-hydrogen) atoms. The molecule has 6 heteroatoms. The topological polar surface area (TPSA) is 64.6 Å². The second-order valence-corrected chi connectivity index (χ2v) is 6.60. The van der Waals surface area contributed by atoms with Crippen molar-refractivity contribution in [3.63, 3.8) is 0 Å². The Morgan fingerprint density at radius 3 is 2.27 bits per heavy atom. The van der Waals surface area contributed by atoms with Crippen LogP contribution in [0, 0.1) is 0 Å². The van der Waals surface area contributed by atoms with E-state index in [2.05, 4.69) is 4.72 Å². The first-order valence-corrected chi connectivity index (χ1v) is 8.45. The zero-order valence-corrected chi connectivity index (χ0v) is 13.4. The van der Waals surface area contributed by atoms with Gasteiger partial charge in [0.2, 0.25) is 10.0 Å². The van der Waals surface area contributed by atoms with Crippen LogP contribution >= 0.6 is 0 Å². The molecule has 0 heterocycles. The van der Waals surface area contributed by atoms with Crippen molar-refractivity contribution < 1.29 is 17.9 Å². The van der Waals surface area contributed by atoms with E-state index in [4.69, 9.17) is 9.47 Å². The lowest BCUT2D eigenvalue weighted by Crippen LogP contribution is -2.18. The molecule has 2 aromatic carbocycles. The van der Waals surface area contributed by atoms with Crippen molar-refractivity contribution in [3.05, 3.63) is 54.1 Å². The summed E-state index contributed by atoms with van der Waals surface area (Å²) in [5, 5.41) is 0. The Hall–Kier alpha value is -2.21. The molecule has 0 fully saturated rings. The number of rotatable bonds is 7. The van der Waals surface area contributed by atoms with Crippen molar-refractivity contribution in [3.8, 4) is 11.5 Å². The Labute approximate surface area is 130 Å². The summed E-state index contributed by atoms with van der Waals surface area (Å²) in [6.07, 6.45) is 0.413. The molecule has 0 aliphatic carbocycles. The van der Waals surface area contributed by atoms with Crippen molar-refractivity contribution in [1.82, 2.24) is 0 Å². The van der Waals surface area contributed by atoms with Crippen LogP contribution in [-0.4, -0.2) is 28.4 Å². The fraction of sp³-hybridized carbons (Fsp3) is 0.250. The number of aryl methyl sites for hydroxylation is 1.